The van der Waals surface area contributed by atoms with Gasteiger partial charge in [0.1, 0.15) is 17.6 Å². The Bertz CT molecular complexity index is 1230. The van der Waals surface area contributed by atoms with Crippen molar-refractivity contribution in [3.05, 3.63) is 108 Å². The second-order valence-corrected chi connectivity index (χ2v) is 7.65. The van der Waals surface area contributed by atoms with E-state index in [-0.39, 0.29) is 23.7 Å². The summed E-state index contributed by atoms with van der Waals surface area (Å²) in [6.07, 6.45) is 3.68. The molecule has 5 rings (SSSR count). The third-order valence-corrected chi connectivity index (χ3v) is 5.74. The second kappa shape index (κ2) is 7.85. The number of hydrogen-bond acceptors (Lipinski definition) is 3. The van der Waals surface area contributed by atoms with E-state index in [1.54, 1.807) is 30.5 Å². The van der Waals surface area contributed by atoms with Gasteiger partial charge in [0.15, 0.2) is 5.11 Å². The third-order valence-electron chi connectivity index (χ3n) is 5.43. The molecule has 1 aliphatic heterocycles. The van der Waals surface area contributed by atoms with Crippen molar-refractivity contribution < 1.29 is 9.50 Å². The van der Waals surface area contributed by atoms with Gasteiger partial charge in [-0.15, -0.1) is 0 Å². The number of aromatic hydroxyl groups is 1. The van der Waals surface area contributed by atoms with Crippen LogP contribution in [0.15, 0.2) is 91.3 Å². The Hall–Kier alpha value is -3.71. The molecule has 1 fully saturated rings. The Kier molecular flexibility index (Phi) is 4.88. The number of phenolic OH excluding ortho intramolecular Hbond substituents is 1. The van der Waals surface area contributed by atoms with Crippen LogP contribution in [0, 0.1) is 5.82 Å². The summed E-state index contributed by atoms with van der Waals surface area (Å²) in [5.41, 5.74) is 3.20. The van der Waals surface area contributed by atoms with Gasteiger partial charge < -0.3 is 19.9 Å². The van der Waals surface area contributed by atoms with Crippen molar-refractivity contribution in [1.82, 2.24) is 14.9 Å². The molecule has 4 aromatic rings. The second-order valence-electron chi connectivity index (χ2n) is 7.26. The van der Waals surface area contributed by atoms with E-state index in [9.17, 15) is 9.50 Å². The van der Waals surface area contributed by atoms with Crippen molar-refractivity contribution in [3.63, 3.8) is 0 Å². The molecular formula is C24H19FN4OS. The van der Waals surface area contributed by atoms with E-state index in [1.165, 1.54) is 12.1 Å². The van der Waals surface area contributed by atoms with Crippen LogP contribution in [-0.2, 0) is 0 Å². The number of anilines is 1. The fourth-order valence-electron chi connectivity index (χ4n) is 4.05. The van der Waals surface area contributed by atoms with Gasteiger partial charge in [-0.3, -0.25) is 4.98 Å². The fourth-order valence-corrected chi connectivity index (χ4v) is 4.39. The van der Waals surface area contributed by atoms with Crippen LogP contribution in [0.25, 0.3) is 5.69 Å². The fraction of sp³-hybridized carbons (Fsp3) is 0.0833. The van der Waals surface area contributed by atoms with E-state index in [2.05, 4.69) is 10.3 Å². The zero-order chi connectivity index (χ0) is 21.4. The lowest BCUT2D eigenvalue weighted by molar-refractivity contribution is 0.472. The van der Waals surface area contributed by atoms with E-state index in [0.717, 1.165) is 17.1 Å². The first-order valence-corrected chi connectivity index (χ1v) is 10.3. The normalized spacial score (nSPS) is 18.2. The summed E-state index contributed by atoms with van der Waals surface area (Å²) in [6.45, 7) is 0. The highest BCUT2D eigenvalue weighted by molar-refractivity contribution is 7.80. The standard InChI is InChI=1S/C24H19FN4OS/c25-16-10-12-17(13-11-16)28-15-5-8-20(28)23-22(18-6-3-4-14-26-18)27-24(31)29(23)19-7-1-2-9-21(19)30/h1-15,22-23,30H,(H,27,31)/t22-,23+/m0/s1. The first-order valence-electron chi connectivity index (χ1n) is 9.85. The van der Waals surface area contributed by atoms with Crippen molar-refractivity contribution in [2.45, 2.75) is 12.1 Å². The minimum Gasteiger partial charge on any atom is -0.506 e. The summed E-state index contributed by atoms with van der Waals surface area (Å²) in [6, 6.07) is 22.6. The average Bonchev–Trinajstić information content (AvgIpc) is 3.40. The highest BCUT2D eigenvalue weighted by Gasteiger charge is 2.42. The van der Waals surface area contributed by atoms with Crippen LogP contribution < -0.4 is 10.2 Å². The summed E-state index contributed by atoms with van der Waals surface area (Å²) in [4.78, 5) is 6.47. The van der Waals surface area contributed by atoms with Gasteiger partial charge >= 0.3 is 0 Å². The molecule has 0 unspecified atom stereocenters. The zero-order valence-corrected chi connectivity index (χ0v) is 17.2. The summed E-state index contributed by atoms with van der Waals surface area (Å²) in [5.74, 6) is -0.151. The molecule has 3 heterocycles. The molecule has 1 saturated heterocycles. The maximum atomic E-state index is 13.5. The number of hydrogen-bond donors (Lipinski definition) is 2. The zero-order valence-electron chi connectivity index (χ0n) is 16.4. The number of para-hydroxylation sites is 2. The molecule has 0 radical (unpaired) electrons. The minimum atomic E-state index is -0.296. The molecule has 7 heteroatoms. The van der Waals surface area contributed by atoms with E-state index < -0.39 is 0 Å². The van der Waals surface area contributed by atoms with Crippen molar-refractivity contribution in [3.8, 4) is 11.4 Å². The molecule has 0 spiro atoms. The maximum absolute atomic E-state index is 13.5. The molecule has 0 amide bonds. The molecule has 31 heavy (non-hydrogen) atoms. The van der Waals surface area contributed by atoms with Crippen LogP contribution in [0.5, 0.6) is 5.75 Å². The Balaban J connectivity index is 1.68. The van der Waals surface area contributed by atoms with Gasteiger partial charge in [-0.25, -0.2) is 4.39 Å². The van der Waals surface area contributed by atoms with Gasteiger partial charge in [-0.2, -0.15) is 0 Å². The number of aromatic nitrogens is 2. The Morgan fingerprint density at radius 2 is 1.71 bits per heavy atom. The first-order chi connectivity index (χ1) is 15.1. The molecule has 154 valence electrons. The molecule has 5 nitrogen and oxygen atoms in total. The Morgan fingerprint density at radius 3 is 2.45 bits per heavy atom. The van der Waals surface area contributed by atoms with Gasteiger partial charge in [-0.1, -0.05) is 18.2 Å². The van der Waals surface area contributed by atoms with Crippen molar-refractivity contribution in [2.24, 2.45) is 0 Å². The maximum Gasteiger partial charge on any atom is 0.174 e. The largest absolute Gasteiger partial charge is 0.506 e. The first kappa shape index (κ1) is 19.3. The number of nitrogens with one attached hydrogen (secondary N) is 1. The van der Waals surface area contributed by atoms with Crippen LogP contribution >= 0.6 is 12.2 Å². The van der Waals surface area contributed by atoms with Crippen molar-refractivity contribution in [2.75, 3.05) is 4.90 Å². The van der Waals surface area contributed by atoms with Gasteiger partial charge in [-0.05, 0) is 72.9 Å². The van der Waals surface area contributed by atoms with Crippen LogP contribution in [0.1, 0.15) is 23.5 Å². The molecule has 2 aromatic carbocycles. The molecule has 0 saturated carbocycles. The molecular weight excluding hydrogens is 411 g/mol. The monoisotopic (exact) mass is 430 g/mol. The third kappa shape index (κ3) is 3.43. The van der Waals surface area contributed by atoms with E-state index >= 15 is 0 Å². The van der Waals surface area contributed by atoms with Gasteiger partial charge in [0.05, 0.1) is 17.4 Å². The summed E-state index contributed by atoms with van der Waals surface area (Å²) >= 11 is 5.70. The lowest BCUT2D eigenvalue weighted by Crippen LogP contribution is -2.30. The number of phenols is 1. The molecule has 2 aromatic heterocycles. The van der Waals surface area contributed by atoms with Gasteiger partial charge in [0.25, 0.3) is 0 Å². The molecule has 1 aliphatic rings. The topological polar surface area (TPSA) is 53.3 Å². The summed E-state index contributed by atoms with van der Waals surface area (Å²) in [5, 5.41) is 14.5. The lowest BCUT2D eigenvalue weighted by Gasteiger charge is -2.29. The SMILES string of the molecule is Oc1ccccc1N1C(=S)N[C@@H](c2ccccn2)[C@H]1c1cccn1-c1ccc(F)cc1. The van der Waals surface area contributed by atoms with Crippen LogP contribution in [-0.4, -0.2) is 19.8 Å². The predicted molar refractivity (Wildman–Crippen MR) is 122 cm³/mol. The van der Waals surface area contributed by atoms with Gasteiger partial charge in [0, 0.05) is 23.8 Å². The van der Waals surface area contributed by atoms with Gasteiger partial charge in [0.2, 0.25) is 0 Å². The van der Waals surface area contributed by atoms with Crippen molar-refractivity contribution in [1.29, 1.82) is 0 Å². The smallest absolute Gasteiger partial charge is 0.174 e. The molecule has 0 aliphatic carbocycles. The highest BCUT2D eigenvalue weighted by atomic mass is 32.1. The van der Waals surface area contributed by atoms with Crippen molar-refractivity contribution >= 4 is 23.0 Å². The number of benzene rings is 2. The Morgan fingerprint density at radius 1 is 0.935 bits per heavy atom. The van der Waals surface area contributed by atoms with E-state index in [0.29, 0.717) is 10.8 Å². The summed E-state index contributed by atoms with van der Waals surface area (Å²) in [7, 11) is 0. The van der Waals surface area contributed by atoms with Crippen LogP contribution in [0.4, 0.5) is 10.1 Å². The molecule has 2 atom stereocenters. The number of rotatable bonds is 4. The number of thiocarbonyl (C=S) groups is 1. The van der Waals surface area contributed by atoms with E-state index in [4.69, 9.17) is 12.2 Å². The summed E-state index contributed by atoms with van der Waals surface area (Å²) < 4.78 is 15.5. The molecule has 0 bridgehead atoms. The number of pyridine rings is 1. The highest BCUT2D eigenvalue weighted by Crippen LogP contribution is 2.44. The average molecular weight is 431 g/mol. The Labute approximate surface area is 184 Å². The molecule has 2 N–H and O–H groups in total. The number of halogens is 1. The van der Waals surface area contributed by atoms with Crippen LogP contribution in [0.3, 0.4) is 0 Å². The predicted octanol–water partition coefficient (Wildman–Crippen LogP) is 4.89. The van der Waals surface area contributed by atoms with Crippen LogP contribution in [0.2, 0.25) is 0 Å². The lowest BCUT2D eigenvalue weighted by atomic mass is 10.0. The minimum absolute atomic E-state index is 0.137. The quantitative estimate of drug-likeness (QED) is 0.452. The van der Waals surface area contributed by atoms with E-state index in [1.807, 2.05) is 58.1 Å². The number of nitrogens with zero attached hydrogens (tertiary/aromatic N) is 3.